The van der Waals surface area contributed by atoms with E-state index in [-0.39, 0.29) is 5.78 Å². The molecule has 0 spiro atoms. The molecule has 0 fully saturated rings. The lowest BCUT2D eigenvalue weighted by Gasteiger charge is -2.00. The fraction of sp³-hybridized carbons (Fsp3) is 0.222. The molecule has 0 aliphatic rings. The highest BCUT2D eigenvalue weighted by atomic mass is 32.1. The minimum absolute atomic E-state index is 0.126. The first kappa shape index (κ1) is 9.68. The smallest absolute Gasteiger partial charge is 0.162 e. The Balaban J connectivity index is 3.08. The SMILES string of the molecule is CCC(=O)c1cc(S)cc(S)c1. The molecular weight excluding hydrogens is 188 g/mol. The summed E-state index contributed by atoms with van der Waals surface area (Å²) in [5, 5.41) is 0. The molecule has 0 atom stereocenters. The zero-order chi connectivity index (χ0) is 9.14. The molecule has 3 heteroatoms. The second-order valence-corrected chi connectivity index (χ2v) is 3.55. The topological polar surface area (TPSA) is 17.1 Å². The van der Waals surface area contributed by atoms with E-state index < -0.39 is 0 Å². The van der Waals surface area contributed by atoms with Crippen LogP contribution < -0.4 is 0 Å². The van der Waals surface area contributed by atoms with Gasteiger partial charge < -0.3 is 0 Å². The van der Waals surface area contributed by atoms with Crippen molar-refractivity contribution in [3.8, 4) is 0 Å². The molecule has 0 aliphatic heterocycles. The molecule has 64 valence electrons. The van der Waals surface area contributed by atoms with Gasteiger partial charge in [0, 0.05) is 21.8 Å². The average molecular weight is 198 g/mol. The van der Waals surface area contributed by atoms with Crippen LogP contribution in [0.5, 0.6) is 0 Å². The lowest BCUT2D eigenvalue weighted by Crippen LogP contribution is -1.96. The van der Waals surface area contributed by atoms with Gasteiger partial charge in [-0.25, -0.2) is 0 Å². The van der Waals surface area contributed by atoms with Crippen molar-refractivity contribution in [2.75, 3.05) is 0 Å². The first-order valence-corrected chi connectivity index (χ1v) is 4.59. The van der Waals surface area contributed by atoms with Gasteiger partial charge in [0.15, 0.2) is 5.78 Å². The average Bonchev–Trinajstić information content (AvgIpc) is 2.01. The van der Waals surface area contributed by atoms with E-state index in [1.807, 2.05) is 6.92 Å². The van der Waals surface area contributed by atoms with Crippen molar-refractivity contribution in [2.45, 2.75) is 23.1 Å². The molecule has 1 nitrogen and oxygen atoms in total. The Kier molecular flexibility index (Phi) is 3.23. The van der Waals surface area contributed by atoms with Crippen LogP contribution in [-0.4, -0.2) is 5.78 Å². The highest BCUT2D eigenvalue weighted by Crippen LogP contribution is 2.17. The van der Waals surface area contributed by atoms with Gasteiger partial charge in [-0.05, 0) is 18.2 Å². The molecule has 0 radical (unpaired) electrons. The van der Waals surface area contributed by atoms with Gasteiger partial charge in [0.1, 0.15) is 0 Å². The predicted octanol–water partition coefficient (Wildman–Crippen LogP) is 2.86. The molecule has 0 aromatic heterocycles. The van der Waals surface area contributed by atoms with E-state index >= 15 is 0 Å². The molecule has 0 heterocycles. The standard InChI is InChI=1S/C9H10OS2/c1-2-9(10)6-3-7(11)5-8(12)4-6/h3-5,11-12H,2H2,1H3. The normalized spacial score (nSPS) is 9.92. The van der Waals surface area contributed by atoms with Crippen LogP contribution in [0.15, 0.2) is 28.0 Å². The van der Waals surface area contributed by atoms with Crippen molar-refractivity contribution in [2.24, 2.45) is 0 Å². The van der Waals surface area contributed by atoms with Crippen molar-refractivity contribution >= 4 is 31.0 Å². The number of ketones is 1. The van der Waals surface area contributed by atoms with E-state index in [0.717, 1.165) is 9.79 Å². The monoisotopic (exact) mass is 198 g/mol. The van der Waals surface area contributed by atoms with Gasteiger partial charge >= 0.3 is 0 Å². The van der Waals surface area contributed by atoms with Gasteiger partial charge in [-0.3, -0.25) is 4.79 Å². The lowest BCUT2D eigenvalue weighted by atomic mass is 10.1. The Morgan fingerprint density at radius 3 is 2.17 bits per heavy atom. The summed E-state index contributed by atoms with van der Waals surface area (Å²) in [4.78, 5) is 12.8. The number of rotatable bonds is 2. The highest BCUT2D eigenvalue weighted by molar-refractivity contribution is 7.81. The Labute approximate surface area is 83.0 Å². The molecule has 0 bridgehead atoms. The van der Waals surface area contributed by atoms with Crippen LogP contribution in [0.4, 0.5) is 0 Å². The molecule has 0 aliphatic carbocycles. The lowest BCUT2D eigenvalue weighted by molar-refractivity contribution is 0.0987. The van der Waals surface area contributed by atoms with Crippen molar-refractivity contribution in [1.82, 2.24) is 0 Å². The number of hydrogen-bond acceptors (Lipinski definition) is 3. The van der Waals surface area contributed by atoms with Crippen LogP contribution in [0, 0.1) is 0 Å². The number of carbonyl (C=O) groups is 1. The molecule has 0 amide bonds. The Hall–Kier alpha value is -0.410. The predicted molar refractivity (Wildman–Crippen MR) is 55.6 cm³/mol. The number of carbonyl (C=O) groups excluding carboxylic acids is 1. The van der Waals surface area contributed by atoms with Gasteiger partial charge in [0.2, 0.25) is 0 Å². The van der Waals surface area contributed by atoms with Crippen LogP contribution >= 0.6 is 25.3 Å². The van der Waals surface area contributed by atoms with Crippen LogP contribution in [0.1, 0.15) is 23.7 Å². The Morgan fingerprint density at radius 2 is 1.75 bits per heavy atom. The van der Waals surface area contributed by atoms with Crippen LogP contribution in [0.2, 0.25) is 0 Å². The zero-order valence-corrected chi connectivity index (χ0v) is 8.53. The molecule has 0 saturated carbocycles. The molecule has 1 rings (SSSR count). The molecule has 1 aromatic rings. The van der Waals surface area contributed by atoms with Gasteiger partial charge in [0.05, 0.1) is 0 Å². The third kappa shape index (κ3) is 2.29. The van der Waals surface area contributed by atoms with Crippen LogP contribution in [0.3, 0.4) is 0 Å². The van der Waals surface area contributed by atoms with E-state index in [1.165, 1.54) is 0 Å². The van der Waals surface area contributed by atoms with Gasteiger partial charge in [-0.1, -0.05) is 6.92 Å². The number of Topliss-reactive ketones (excluding diaryl/α,β-unsaturated/α-hetero) is 1. The van der Waals surface area contributed by atoms with E-state index in [4.69, 9.17) is 0 Å². The largest absolute Gasteiger partial charge is 0.294 e. The quantitative estimate of drug-likeness (QED) is 0.552. The van der Waals surface area contributed by atoms with E-state index in [2.05, 4.69) is 25.3 Å². The summed E-state index contributed by atoms with van der Waals surface area (Å²) in [6.07, 6.45) is 0.518. The summed E-state index contributed by atoms with van der Waals surface area (Å²) >= 11 is 8.31. The van der Waals surface area contributed by atoms with Crippen molar-refractivity contribution in [3.63, 3.8) is 0 Å². The Bertz CT molecular complexity index is 287. The molecule has 12 heavy (non-hydrogen) atoms. The number of benzene rings is 1. The van der Waals surface area contributed by atoms with Crippen molar-refractivity contribution < 1.29 is 4.79 Å². The third-order valence-corrected chi connectivity index (χ3v) is 2.06. The second-order valence-electron chi connectivity index (χ2n) is 2.51. The minimum atomic E-state index is 0.126. The van der Waals surface area contributed by atoms with Crippen LogP contribution in [-0.2, 0) is 0 Å². The maximum Gasteiger partial charge on any atom is 0.162 e. The molecule has 0 N–H and O–H groups in total. The van der Waals surface area contributed by atoms with Crippen LogP contribution in [0.25, 0.3) is 0 Å². The van der Waals surface area contributed by atoms with Gasteiger partial charge in [-0.15, -0.1) is 25.3 Å². The van der Waals surface area contributed by atoms with Gasteiger partial charge in [0.25, 0.3) is 0 Å². The number of thiol groups is 2. The Morgan fingerprint density at radius 1 is 1.25 bits per heavy atom. The highest BCUT2D eigenvalue weighted by Gasteiger charge is 2.03. The minimum Gasteiger partial charge on any atom is -0.294 e. The van der Waals surface area contributed by atoms with Gasteiger partial charge in [-0.2, -0.15) is 0 Å². The third-order valence-electron chi connectivity index (χ3n) is 1.55. The fourth-order valence-electron chi connectivity index (χ4n) is 0.960. The maximum absolute atomic E-state index is 11.2. The van der Waals surface area contributed by atoms with E-state index in [1.54, 1.807) is 18.2 Å². The fourth-order valence-corrected chi connectivity index (χ4v) is 1.62. The zero-order valence-electron chi connectivity index (χ0n) is 6.74. The molecule has 0 unspecified atom stereocenters. The molecular formula is C9H10OS2. The maximum atomic E-state index is 11.2. The first-order chi connectivity index (χ1) is 5.63. The van der Waals surface area contributed by atoms with E-state index in [9.17, 15) is 4.79 Å². The first-order valence-electron chi connectivity index (χ1n) is 3.69. The second kappa shape index (κ2) is 4.01. The number of hydrogen-bond donors (Lipinski definition) is 2. The van der Waals surface area contributed by atoms with Crippen molar-refractivity contribution in [3.05, 3.63) is 23.8 Å². The van der Waals surface area contributed by atoms with Crippen molar-refractivity contribution in [1.29, 1.82) is 0 Å². The summed E-state index contributed by atoms with van der Waals surface area (Å²) in [5.74, 6) is 0.126. The molecule has 1 aromatic carbocycles. The summed E-state index contributed by atoms with van der Waals surface area (Å²) in [6, 6.07) is 5.32. The van der Waals surface area contributed by atoms with E-state index in [0.29, 0.717) is 12.0 Å². The summed E-state index contributed by atoms with van der Waals surface area (Å²) in [7, 11) is 0. The summed E-state index contributed by atoms with van der Waals surface area (Å²) in [5.41, 5.74) is 0.690. The molecule has 0 saturated heterocycles. The summed E-state index contributed by atoms with van der Waals surface area (Å²) < 4.78 is 0. The summed E-state index contributed by atoms with van der Waals surface area (Å²) in [6.45, 7) is 1.84.